The van der Waals surface area contributed by atoms with Crippen molar-refractivity contribution in [2.45, 2.75) is 25.9 Å². The highest BCUT2D eigenvalue weighted by Gasteiger charge is 2.25. The number of hydrogen-bond donors (Lipinski definition) is 1. The van der Waals surface area contributed by atoms with Crippen molar-refractivity contribution in [3.63, 3.8) is 0 Å². The summed E-state index contributed by atoms with van der Waals surface area (Å²) in [6, 6.07) is 6.42. The van der Waals surface area contributed by atoms with Gasteiger partial charge < -0.3 is 10.1 Å². The van der Waals surface area contributed by atoms with Gasteiger partial charge in [0.05, 0.1) is 19.3 Å². The van der Waals surface area contributed by atoms with Crippen LogP contribution in [0.4, 0.5) is 0 Å². The van der Waals surface area contributed by atoms with Crippen molar-refractivity contribution >= 4 is 31.9 Å². The summed E-state index contributed by atoms with van der Waals surface area (Å²) in [5, 5.41) is 7.82. The molecule has 1 N–H and O–H groups in total. The minimum Gasteiger partial charge on any atom is -0.493 e. The van der Waals surface area contributed by atoms with Crippen LogP contribution >= 0.6 is 31.9 Å². The van der Waals surface area contributed by atoms with E-state index < -0.39 is 0 Å². The van der Waals surface area contributed by atoms with Gasteiger partial charge in [0.2, 0.25) is 0 Å². The maximum atomic E-state index is 5.50. The number of ether oxygens (including phenoxy) is 1. The summed E-state index contributed by atoms with van der Waals surface area (Å²) >= 11 is 7.13. The van der Waals surface area contributed by atoms with Crippen molar-refractivity contribution in [1.82, 2.24) is 15.1 Å². The highest BCUT2D eigenvalue weighted by atomic mass is 79.9. The third-order valence-electron chi connectivity index (χ3n) is 3.34. The van der Waals surface area contributed by atoms with Gasteiger partial charge in [-0.1, -0.05) is 37.9 Å². The fourth-order valence-electron chi connectivity index (χ4n) is 2.37. The van der Waals surface area contributed by atoms with Crippen molar-refractivity contribution < 1.29 is 4.74 Å². The largest absolute Gasteiger partial charge is 0.493 e. The molecule has 1 unspecified atom stereocenters. The normalized spacial score (nSPS) is 12.7. The number of nitrogens with one attached hydrogen (secondary N) is 1. The summed E-state index contributed by atoms with van der Waals surface area (Å²) < 4.78 is 9.57. The van der Waals surface area contributed by atoms with Crippen LogP contribution in [0.3, 0.4) is 0 Å². The van der Waals surface area contributed by atoms with Crippen molar-refractivity contribution in [2.75, 3.05) is 14.2 Å². The SMILES string of the molecule is CNC(c1ccc(Br)cc1Br)c1c(OC)cnn1C(C)C. The Labute approximate surface area is 142 Å². The molecule has 0 aliphatic rings. The van der Waals surface area contributed by atoms with E-state index in [1.54, 1.807) is 13.3 Å². The molecular weight excluding hydrogens is 398 g/mol. The smallest absolute Gasteiger partial charge is 0.161 e. The maximum absolute atomic E-state index is 5.50. The Kier molecular flexibility index (Phi) is 5.46. The molecule has 21 heavy (non-hydrogen) atoms. The quantitative estimate of drug-likeness (QED) is 0.789. The van der Waals surface area contributed by atoms with E-state index in [0.29, 0.717) is 0 Å². The van der Waals surface area contributed by atoms with Gasteiger partial charge in [0.25, 0.3) is 0 Å². The molecule has 0 fully saturated rings. The van der Waals surface area contributed by atoms with Crippen molar-refractivity contribution in [3.05, 3.63) is 44.6 Å². The molecule has 0 saturated carbocycles. The lowest BCUT2D eigenvalue weighted by Gasteiger charge is -2.22. The molecule has 2 rings (SSSR count). The predicted molar refractivity (Wildman–Crippen MR) is 91.9 cm³/mol. The Morgan fingerprint density at radius 3 is 2.52 bits per heavy atom. The Hall–Kier alpha value is -0.850. The first kappa shape index (κ1) is 16.5. The van der Waals surface area contributed by atoms with E-state index in [1.807, 2.05) is 23.9 Å². The average Bonchev–Trinajstić information content (AvgIpc) is 2.86. The van der Waals surface area contributed by atoms with Gasteiger partial charge in [0.1, 0.15) is 5.69 Å². The second kappa shape index (κ2) is 6.94. The van der Waals surface area contributed by atoms with Gasteiger partial charge in [-0.2, -0.15) is 5.10 Å². The molecule has 1 heterocycles. The molecular formula is C15H19Br2N3O. The van der Waals surface area contributed by atoms with Crippen molar-refractivity contribution in [1.29, 1.82) is 0 Å². The first-order valence-electron chi connectivity index (χ1n) is 6.73. The highest BCUT2D eigenvalue weighted by Crippen LogP contribution is 2.35. The lowest BCUT2D eigenvalue weighted by atomic mass is 10.0. The van der Waals surface area contributed by atoms with E-state index in [1.165, 1.54) is 0 Å². The predicted octanol–water partition coefficient (Wildman–Crippen LogP) is 4.31. The third-order valence-corrected chi connectivity index (χ3v) is 4.52. The second-order valence-corrected chi connectivity index (χ2v) is 6.79. The number of halogens is 2. The van der Waals surface area contributed by atoms with E-state index in [-0.39, 0.29) is 12.1 Å². The molecule has 4 nitrogen and oxygen atoms in total. The Morgan fingerprint density at radius 1 is 1.29 bits per heavy atom. The molecule has 0 amide bonds. The second-order valence-electron chi connectivity index (χ2n) is 5.02. The van der Waals surface area contributed by atoms with Crippen LogP contribution in [-0.2, 0) is 0 Å². The van der Waals surface area contributed by atoms with Crippen molar-refractivity contribution in [2.24, 2.45) is 0 Å². The zero-order chi connectivity index (χ0) is 15.6. The Bertz CT molecular complexity index is 625. The molecule has 2 aromatic rings. The summed E-state index contributed by atoms with van der Waals surface area (Å²) in [4.78, 5) is 0. The van der Waals surface area contributed by atoms with E-state index >= 15 is 0 Å². The summed E-state index contributed by atoms with van der Waals surface area (Å²) in [5.41, 5.74) is 2.17. The number of rotatable bonds is 5. The molecule has 0 spiro atoms. The number of hydrogen-bond acceptors (Lipinski definition) is 3. The Morgan fingerprint density at radius 2 is 2.00 bits per heavy atom. The van der Waals surface area contributed by atoms with Gasteiger partial charge in [-0.25, -0.2) is 0 Å². The summed E-state index contributed by atoms with van der Waals surface area (Å²) in [7, 11) is 3.62. The van der Waals surface area contributed by atoms with Crippen LogP contribution in [0, 0.1) is 0 Å². The molecule has 0 bridgehead atoms. The lowest BCUT2D eigenvalue weighted by Crippen LogP contribution is -2.23. The molecule has 1 atom stereocenters. The van der Waals surface area contributed by atoms with E-state index in [9.17, 15) is 0 Å². The minimum absolute atomic E-state index is 0.00711. The van der Waals surface area contributed by atoms with Gasteiger partial charge >= 0.3 is 0 Å². The molecule has 0 saturated heterocycles. The van der Waals surface area contributed by atoms with Gasteiger partial charge in [-0.15, -0.1) is 0 Å². The van der Waals surface area contributed by atoms with Crippen LogP contribution in [0.25, 0.3) is 0 Å². The number of methoxy groups -OCH3 is 1. The minimum atomic E-state index is -0.00711. The zero-order valence-corrected chi connectivity index (χ0v) is 15.7. The average molecular weight is 417 g/mol. The monoisotopic (exact) mass is 415 g/mol. The summed E-state index contributed by atoms with van der Waals surface area (Å²) in [5.74, 6) is 0.790. The molecule has 0 radical (unpaired) electrons. The number of nitrogens with zero attached hydrogens (tertiary/aromatic N) is 2. The number of aromatic nitrogens is 2. The van der Waals surface area contributed by atoms with Crippen LogP contribution < -0.4 is 10.1 Å². The third kappa shape index (κ3) is 3.33. The van der Waals surface area contributed by atoms with E-state index in [4.69, 9.17) is 4.74 Å². The van der Waals surface area contributed by atoms with E-state index in [2.05, 4.69) is 62.2 Å². The lowest BCUT2D eigenvalue weighted by molar-refractivity contribution is 0.396. The summed E-state index contributed by atoms with van der Waals surface area (Å²) in [6.45, 7) is 4.22. The fraction of sp³-hybridized carbons (Fsp3) is 0.400. The van der Waals surface area contributed by atoms with Crippen LogP contribution in [0.15, 0.2) is 33.3 Å². The number of benzene rings is 1. The van der Waals surface area contributed by atoms with Gasteiger partial charge in [0.15, 0.2) is 5.75 Å². The molecule has 6 heteroatoms. The first-order chi connectivity index (χ1) is 9.99. The van der Waals surface area contributed by atoms with Crippen molar-refractivity contribution in [3.8, 4) is 5.75 Å². The molecule has 0 aliphatic heterocycles. The van der Waals surface area contributed by atoms with Crippen LogP contribution in [-0.4, -0.2) is 23.9 Å². The Balaban J connectivity index is 2.58. The van der Waals surface area contributed by atoms with Crippen LogP contribution in [0.2, 0.25) is 0 Å². The van der Waals surface area contributed by atoms with Crippen LogP contribution in [0.5, 0.6) is 5.75 Å². The molecule has 0 aliphatic carbocycles. The highest BCUT2D eigenvalue weighted by molar-refractivity contribution is 9.11. The zero-order valence-electron chi connectivity index (χ0n) is 12.5. The van der Waals surface area contributed by atoms with Gasteiger partial charge in [-0.05, 0) is 38.6 Å². The van der Waals surface area contributed by atoms with E-state index in [0.717, 1.165) is 26.0 Å². The van der Waals surface area contributed by atoms with Gasteiger partial charge in [-0.3, -0.25) is 4.68 Å². The molecule has 1 aromatic heterocycles. The fourth-order valence-corrected chi connectivity index (χ4v) is 3.65. The van der Waals surface area contributed by atoms with Gasteiger partial charge in [0, 0.05) is 15.0 Å². The first-order valence-corrected chi connectivity index (χ1v) is 8.31. The molecule has 1 aromatic carbocycles. The van der Waals surface area contributed by atoms with Crippen LogP contribution in [0.1, 0.15) is 37.2 Å². The summed E-state index contributed by atoms with van der Waals surface area (Å²) in [6.07, 6.45) is 1.77. The standard InChI is InChI=1S/C15H19Br2N3O/c1-9(2)20-15(13(21-4)8-19-20)14(18-3)11-6-5-10(16)7-12(11)17/h5-9,14,18H,1-4H3. The molecule has 114 valence electrons. The topological polar surface area (TPSA) is 39.1 Å². The maximum Gasteiger partial charge on any atom is 0.161 e.